The number of halogens is 2. The lowest BCUT2D eigenvalue weighted by molar-refractivity contribution is -0.143. The van der Waals surface area contributed by atoms with Crippen molar-refractivity contribution in [1.82, 2.24) is 9.55 Å². The fourth-order valence-electron chi connectivity index (χ4n) is 3.88. The number of ether oxygens (including phenoxy) is 4. The number of aryl methyl sites for hydroxylation is 2. The van der Waals surface area contributed by atoms with Crippen LogP contribution in [0.1, 0.15) is 30.3 Å². The second-order valence-corrected chi connectivity index (χ2v) is 9.11. The zero-order valence-corrected chi connectivity index (χ0v) is 22.4. The highest BCUT2D eigenvalue weighted by atomic mass is 35.5. The summed E-state index contributed by atoms with van der Waals surface area (Å²) in [4.78, 5) is 16.6. The van der Waals surface area contributed by atoms with E-state index in [1.54, 1.807) is 38.3 Å². The number of esters is 1. The number of imidazole rings is 1. The van der Waals surface area contributed by atoms with Gasteiger partial charge in [-0.25, -0.2) is 4.98 Å². The number of carbonyl (C=O) groups excluding carboxylic acids is 1. The fraction of sp³-hybridized carbons (Fsp3) is 0.286. The molecule has 0 saturated carbocycles. The lowest BCUT2D eigenvalue weighted by Crippen LogP contribution is -2.07. The van der Waals surface area contributed by atoms with E-state index in [2.05, 4.69) is 4.98 Å². The Morgan fingerprint density at radius 1 is 0.973 bits per heavy atom. The van der Waals surface area contributed by atoms with Gasteiger partial charge in [0.1, 0.15) is 36.3 Å². The molecule has 0 aliphatic heterocycles. The Labute approximate surface area is 225 Å². The van der Waals surface area contributed by atoms with Crippen molar-refractivity contribution >= 4 is 40.2 Å². The lowest BCUT2D eigenvalue weighted by Gasteiger charge is -2.15. The number of rotatable bonds is 11. The van der Waals surface area contributed by atoms with Crippen LogP contribution in [-0.4, -0.2) is 29.2 Å². The summed E-state index contributed by atoms with van der Waals surface area (Å²) in [5.74, 6) is 2.44. The quantitative estimate of drug-likeness (QED) is 0.200. The highest BCUT2D eigenvalue weighted by Crippen LogP contribution is 2.31. The van der Waals surface area contributed by atoms with Crippen LogP contribution in [0.4, 0.5) is 0 Å². The minimum Gasteiger partial charge on any atom is -0.497 e. The minimum absolute atomic E-state index is 0.168. The number of methoxy groups -OCH3 is 1. The summed E-state index contributed by atoms with van der Waals surface area (Å²) in [5.41, 5.74) is 3.34. The van der Waals surface area contributed by atoms with E-state index in [1.165, 1.54) is 0 Å². The number of hydrogen-bond acceptors (Lipinski definition) is 6. The highest BCUT2D eigenvalue weighted by Gasteiger charge is 2.14. The number of fused-ring (bicyclic) bond motifs is 1. The predicted molar refractivity (Wildman–Crippen MR) is 144 cm³/mol. The summed E-state index contributed by atoms with van der Waals surface area (Å²) in [6.45, 7) is 2.55. The molecule has 1 aromatic heterocycles. The standard InChI is InChI=1S/C28H28Cl2N2O5/c1-4-35-28(33)13-9-18-8-10-20(15-26(18)37-16-21-22(29)6-5-7-23(21)30)36-17-27-31-24-12-11-19(34-3)14-25(24)32(27)2/h5-8,10-12,14-15H,4,9,13,16-17H2,1-3H3. The number of hydrogen-bond donors (Lipinski definition) is 0. The van der Waals surface area contributed by atoms with Gasteiger partial charge in [-0.3, -0.25) is 4.79 Å². The van der Waals surface area contributed by atoms with E-state index >= 15 is 0 Å². The van der Waals surface area contributed by atoms with Crippen LogP contribution in [0.25, 0.3) is 11.0 Å². The number of carbonyl (C=O) groups is 1. The van der Waals surface area contributed by atoms with Crippen molar-refractivity contribution in [3.8, 4) is 17.2 Å². The summed E-state index contributed by atoms with van der Waals surface area (Å²) >= 11 is 12.6. The second-order valence-electron chi connectivity index (χ2n) is 8.29. The maximum Gasteiger partial charge on any atom is 0.306 e. The molecule has 0 spiro atoms. The second kappa shape index (κ2) is 12.2. The average molecular weight is 543 g/mol. The number of aromatic nitrogens is 2. The average Bonchev–Trinajstić information content (AvgIpc) is 3.21. The molecule has 4 rings (SSSR count). The van der Waals surface area contributed by atoms with E-state index in [4.69, 9.17) is 42.1 Å². The zero-order valence-electron chi connectivity index (χ0n) is 20.9. The van der Waals surface area contributed by atoms with E-state index in [0.717, 1.165) is 28.2 Å². The van der Waals surface area contributed by atoms with E-state index < -0.39 is 0 Å². The van der Waals surface area contributed by atoms with Crippen LogP contribution in [0.2, 0.25) is 10.0 Å². The summed E-state index contributed by atoms with van der Waals surface area (Å²) in [5, 5.41) is 1.04. The van der Waals surface area contributed by atoms with Crippen molar-refractivity contribution < 1.29 is 23.7 Å². The van der Waals surface area contributed by atoms with Gasteiger partial charge in [-0.05, 0) is 49.2 Å². The summed E-state index contributed by atoms with van der Waals surface area (Å²) in [6, 6.07) is 16.6. The first-order chi connectivity index (χ1) is 17.9. The van der Waals surface area contributed by atoms with Gasteiger partial charge < -0.3 is 23.5 Å². The van der Waals surface area contributed by atoms with Crippen molar-refractivity contribution in [2.45, 2.75) is 33.0 Å². The summed E-state index contributed by atoms with van der Waals surface area (Å²) in [7, 11) is 3.57. The Kier molecular flexibility index (Phi) is 8.79. The molecule has 0 bridgehead atoms. The van der Waals surface area contributed by atoms with E-state index in [0.29, 0.717) is 40.1 Å². The molecule has 7 nitrogen and oxygen atoms in total. The van der Waals surface area contributed by atoms with Crippen molar-refractivity contribution in [2.75, 3.05) is 13.7 Å². The van der Waals surface area contributed by atoms with Crippen molar-refractivity contribution in [2.24, 2.45) is 7.05 Å². The minimum atomic E-state index is -0.263. The Hall–Kier alpha value is -3.42. The molecule has 0 saturated heterocycles. The molecule has 0 radical (unpaired) electrons. The molecule has 0 unspecified atom stereocenters. The van der Waals surface area contributed by atoms with Crippen LogP contribution in [0.15, 0.2) is 54.6 Å². The Morgan fingerprint density at radius 2 is 1.73 bits per heavy atom. The monoisotopic (exact) mass is 542 g/mol. The molecule has 0 atom stereocenters. The predicted octanol–water partition coefficient (Wildman–Crippen LogP) is 6.54. The third kappa shape index (κ3) is 6.48. The first kappa shape index (κ1) is 26.6. The van der Waals surface area contributed by atoms with Crippen LogP contribution in [0.3, 0.4) is 0 Å². The van der Waals surface area contributed by atoms with Gasteiger partial charge in [0, 0.05) is 41.2 Å². The van der Waals surface area contributed by atoms with Crippen LogP contribution in [0, 0.1) is 0 Å². The molecule has 0 aliphatic rings. The van der Waals surface area contributed by atoms with E-state index in [-0.39, 0.29) is 25.6 Å². The third-order valence-electron chi connectivity index (χ3n) is 5.92. The van der Waals surface area contributed by atoms with E-state index in [1.807, 2.05) is 41.9 Å². The highest BCUT2D eigenvalue weighted by molar-refractivity contribution is 6.35. The molecule has 37 heavy (non-hydrogen) atoms. The van der Waals surface area contributed by atoms with Gasteiger partial charge in [-0.1, -0.05) is 35.3 Å². The molecule has 0 fully saturated rings. The zero-order chi connectivity index (χ0) is 26.4. The van der Waals surface area contributed by atoms with Crippen LogP contribution >= 0.6 is 23.2 Å². The molecule has 9 heteroatoms. The van der Waals surface area contributed by atoms with Crippen molar-refractivity contribution in [1.29, 1.82) is 0 Å². The van der Waals surface area contributed by atoms with Crippen molar-refractivity contribution in [3.63, 3.8) is 0 Å². The largest absolute Gasteiger partial charge is 0.497 e. The van der Waals surface area contributed by atoms with Crippen molar-refractivity contribution in [3.05, 3.63) is 81.6 Å². The van der Waals surface area contributed by atoms with Gasteiger partial charge in [0.2, 0.25) is 0 Å². The van der Waals surface area contributed by atoms with Gasteiger partial charge in [-0.2, -0.15) is 0 Å². The molecular weight excluding hydrogens is 515 g/mol. The molecule has 3 aromatic carbocycles. The van der Waals surface area contributed by atoms with E-state index in [9.17, 15) is 4.79 Å². The van der Waals surface area contributed by atoms with Gasteiger partial charge in [-0.15, -0.1) is 0 Å². The molecule has 0 aliphatic carbocycles. The van der Waals surface area contributed by atoms with Gasteiger partial charge >= 0.3 is 5.97 Å². The smallest absolute Gasteiger partial charge is 0.306 e. The Morgan fingerprint density at radius 3 is 2.46 bits per heavy atom. The molecule has 0 N–H and O–H groups in total. The van der Waals surface area contributed by atoms with Gasteiger partial charge in [0.05, 0.1) is 24.8 Å². The molecular formula is C28H28Cl2N2O5. The summed E-state index contributed by atoms with van der Waals surface area (Å²) < 4.78 is 24.6. The summed E-state index contributed by atoms with van der Waals surface area (Å²) in [6.07, 6.45) is 0.692. The molecule has 0 amide bonds. The van der Waals surface area contributed by atoms with Crippen LogP contribution in [-0.2, 0) is 36.2 Å². The first-order valence-corrected chi connectivity index (χ1v) is 12.6. The molecule has 4 aromatic rings. The molecule has 194 valence electrons. The van der Waals surface area contributed by atoms with Gasteiger partial charge in [0.25, 0.3) is 0 Å². The normalized spacial score (nSPS) is 10.9. The van der Waals surface area contributed by atoms with Crippen LogP contribution < -0.4 is 14.2 Å². The lowest BCUT2D eigenvalue weighted by atomic mass is 10.1. The fourth-order valence-corrected chi connectivity index (χ4v) is 4.39. The number of nitrogens with zero attached hydrogens (tertiary/aromatic N) is 2. The number of benzene rings is 3. The maximum atomic E-state index is 11.9. The first-order valence-electron chi connectivity index (χ1n) is 11.9. The Bertz CT molecular complexity index is 1380. The maximum absolute atomic E-state index is 11.9. The van der Waals surface area contributed by atoms with Gasteiger partial charge in [0.15, 0.2) is 0 Å². The SMILES string of the molecule is CCOC(=O)CCc1ccc(OCc2nc3ccc(OC)cc3n2C)cc1OCc1c(Cl)cccc1Cl. The third-order valence-corrected chi connectivity index (χ3v) is 6.63. The molecule has 1 heterocycles. The topological polar surface area (TPSA) is 71.8 Å². The Balaban J connectivity index is 1.54. The van der Waals surface area contributed by atoms with Crippen LogP contribution in [0.5, 0.6) is 17.2 Å².